The van der Waals surface area contributed by atoms with Gasteiger partial charge in [-0.1, -0.05) is 22.8 Å². The minimum absolute atomic E-state index is 0.0436. The van der Waals surface area contributed by atoms with Gasteiger partial charge >= 0.3 is 7.60 Å². The van der Waals surface area contributed by atoms with Gasteiger partial charge in [0.15, 0.2) is 5.13 Å². The SMILES string of the molecule is Cc1noc(C)c1-c1cc(CC(=O)Nc2nc(Cl)cs2)cc(Oc2ccc(P(=O)(O)O)cc2)c1. The first-order valence-corrected chi connectivity index (χ1v) is 12.8. The molecule has 176 valence electrons. The molecule has 0 atom stereocenters. The first kappa shape index (κ1) is 24.1. The molecule has 0 saturated heterocycles. The lowest BCUT2D eigenvalue weighted by Crippen LogP contribution is -2.14. The van der Waals surface area contributed by atoms with Gasteiger partial charge in [-0.15, -0.1) is 11.3 Å². The highest BCUT2D eigenvalue weighted by molar-refractivity contribution is 7.60. The van der Waals surface area contributed by atoms with Gasteiger partial charge in [-0.05, 0) is 61.4 Å². The van der Waals surface area contributed by atoms with Crippen LogP contribution < -0.4 is 15.4 Å². The van der Waals surface area contributed by atoms with Gasteiger partial charge in [-0.3, -0.25) is 9.36 Å². The zero-order valence-electron chi connectivity index (χ0n) is 18.0. The third-order valence-corrected chi connectivity index (χ3v) is 6.84. The summed E-state index contributed by atoms with van der Waals surface area (Å²) in [6.45, 7) is 3.61. The Balaban J connectivity index is 1.64. The number of nitrogens with zero attached hydrogens (tertiary/aromatic N) is 2. The molecule has 0 spiro atoms. The number of aryl methyl sites for hydroxylation is 2. The third-order valence-electron chi connectivity index (χ3n) is 4.78. The molecule has 2 aromatic carbocycles. The fourth-order valence-corrected chi connectivity index (χ4v) is 4.76. The van der Waals surface area contributed by atoms with Crippen LogP contribution in [0.2, 0.25) is 5.15 Å². The number of ether oxygens (including phenoxy) is 1. The summed E-state index contributed by atoms with van der Waals surface area (Å²) in [5.41, 5.74) is 2.89. The Morgan fingerprint density at radius 2 is 1.91 bits per heavy atom. The van der Waals surface area contributed by atoms with Gasteiger partial charge < -0.3 is 24.4 Å². The van der Waals surface area contributed by atoms with Crippen molar-refractivity contribution in [3.8, 4) is 22.6 Å². The second kappa shape index (κ2) is 9.69. The lowest BCUT2D eigenvalue weighted by atomic mass is 9.99. The Morgan fingerprint density at radius 3 is 2.50 bits per heavy atom. The molecule has 1 amide bonds. The Labute approximate surface area is 203 Å². The summed E-state index contributed by atoms with van der Waals surface area (Å²) in [6.07, 6.45) is 0.0436. The molecular formula is C22H19ClN3O6PS. The van der Waals surface area contributed by atoms with Gasteiger partial charge in [0.1, 0.15) is 22.4 Å². The number of benzene rings is 2. The van der Waals surface area contributed by atoms with Crippen LogP contribution in [0.15, 0.2) is 52.4 Å². The maximum Gasteiger partial charge on any atom is 0.356 e. The standard InChI is InChI=1S/C22H19ClN3O6PS/c1-12-21(13(2)32-26-12)15-7-14(9-20(27)25-22-24-19(23)11-34-22)8-17(10-15)31-16-3-5-18(6-4-16)33(28,29)30/h3-8,10-11H,9H2,1-2H3,(H,24,25,27)(H2,28,29,30). The summed E-state index contributed by atoms with van der Waals surface area (Å²) >= 11 is 7.04. The van der Waals surface area contributed by atoms with E-state index in [9.17, 15) is 19.1 Å². The van der Waals surface area contributed by atoms with Crippen molar-refractivity contribution in [3.05, 3.63) is 70.0 Å². The highest BCUT2D eigenvalue weighted by Gasteiger charge is 2.18. The topological polar surface area (TPSA) is 135 Å². The molecule has 0 unspecified atom stereocenters. The quantitative estimate of drug-likeness (QED) is 0.295. The molecule has 0 saturated carbocycles. The van der Waals surface area contributed by atoms with E-state index in [0.29, 0.717) is 38.8 Å². The van der Waals surface area contributed by atoms with Crippen molar-refractivity contribution in [1.82, 2.24) is 10.1 Å². The van der Waals surface area contributed by atoms with E-state index in [1.807, 2.05) is 13.0 Å². The molecule has 2 aromatic heterocycles. The highest BCUT2D eigenvalue weighted by atomic mass is 35.5. The summed E-state index contributed by atoms with van der Waals surface area (Å²) in [4.78, 5) is 35.2. The summed E-state index contributed by atoms with van der Waals surface area (Å²) in [5, 5.41) is 8.94. The number of halogens is 1. The number of hydrogen-bond acceptors (Lipinski definition) is 7. The van der Waals surface area contributed by atoms with Crippen molar-refractivity contribution in [2.24, 2.45) is 0 Å². The Kier molecular flexibility index (Phi) is 6.88. The Hall–Kier alpha value is -3.01. The van der Waals surface area contributed by atoms with Gasteiger partial charge in [0.25, 0.3) is 0 Å². The maximum absolute atomic E-state index is 12.6. The molecule has 34 heavy (non-hydrogen) atoms. The maximum atomic E-state index is 12.6. The van der Waals surface area contributed by atoms with Crippen LogP contribution in [0.1, 0.15) is 17.0 Å². The van der Waals surface area contributed by atoms with E-state index in [-0.39, 0.29) is 17.6 Å². The average molecular weight is 520 g/mol. The van der Waals surface area contributed by atoms with Crippen molar-refractivity contribution in [2.75, 3.05) is 5.32 Å². The van der Waals surface area contributed by atoms with Crippen LogP contribution in [-0.4, -0.2) is 25.8 Å². The zero-order chi connectivity index (χ0) is 24.5. The number of amides is 1. The molecule has 0 fully saturated rings. The molecule has 0 bridgehead atoms. The lowest BCUT2D eigenvalue weighted by Gasteiger charge is -2.12. The number of nitrogens with one attached hydrogen (secondary N) is 1. The van der Waals surface area contributed by atoms with Crippen LogP contribution in [0.25, 0.3) is 11.1 Å². The van der Waals surface area contributed by atoms with E-state index in [4.69, 9.17) is 20.9 Å². The largest absolute Gasteiger partial charge is 0.457 e. The summed E-state index contributed by atoms with van der Waals surface area (Å²) in [7, 11) is -4.35. The Morgan fingerprint density at radius 1 is 1.18 bits per heavy atom. The Bertz CT molecular complexity index is 1380. The van der Waals surface area contributed by atoms with Crippen LogP contribution in [-0.2, 0) is 15.8 Å². The van der Waals surface area contributed by atoms with E-state index in [1.54, 1.807) is 24.4 Å². The molecule has 0 aliphatic rings. The molecule has 0 aliphatic carbocycles. The van der Waals surface area contributed by atoms with Crippen LogP contribution in [0.4, 0.5) is 5.13 Å². The van der Waals surface area contributed by atoms with Crippen molar-refractivity contribution in [3.63, 3.8) is 0 Å². The number of aromatic nitrogens is 2. The second-order valence-corrected chi connectivity index (χ2v) is 10.3. The van der Waals surface area contributed by atoms with Crippen LogP contribution in [0, 0.1) is 13.8 Å². The minimum Gasteiger partial charge on any atom is -0.457 e. The molecule has 2 heterocycles. The van der Waals surface area contributed by atoms with Gasteiger partial charge in [-0.2, -0.15) is 0 Å². The second-order valence-electron chi connectivity index (χ2n) is 7.41. The van der Waals surface area contributed by atoms with E-state index >= 15 is 0 Å². The smallest absolute Gasteiger partial charge is 0.356 e. The molecular weight excluding hydrogens is 501 g/mol. The number of carbonyl (C=O) groups excluding carboxylic acids is 1. The van der Waals surface area contributed by atoms with Crippen molar-refractivity contribution in [2.45, 2.75) is 20.3 Å². The highest BCUT2D eigenvalue weighted by Crippen LogP contribution is 2.35. The lowest BCUT2D eigenvalue weighted by molar-refractivity contribution is -0.115. The predicted molar refractivity (Wildman–Crippen MR) is 129 cm³/mol. The van der Waals surface area contributed by atoms with E-state index in [0.717, 1.165) is 11.1 Å². The minimum atomic E-state index is -4.35. The third kappa shape index (κ3) is 5.72. The average Bonchev–Trinajstić information content (AvgIpc) is 3.31. The van der Waals surface area contributed by atoms with Crippen molar-refractivity contribution < 1.29 is 28.4 Å². The number of thiazole rings is 1. The summed E-state index contributed by atoms with van der Waals surface area (Å²) < 4.78 is 22.6. The molecule has 0 radical (unpaired) electrons. The van der Waals surface area contributed by atoms with Crippen LogP contribution >= 0.6 is 30.5 Å². The number of rotatable bonds is 7. The van der Waals surface area contributed by atoms with Gasteiger partial charge in [0.2, 0.25) is 5.91 Å². The van der Waals surface area contributed by atoms with E-state index in [1.165, 1.54) is 35.6 Å². The van der Waals surface area contributed by atoms with Crippen LogP contribution in [0.3, 0.4) is 0 Å². The van der Waals surface area contributed by atoms with Gasteiger partial charge in [-0.25, -0.2) is 4.98 Å². The fraction of sp³-hybridized carbons (Fsp3) is 0.136. The predicted octanol–water partition coefficient (Wildman–Crippen LogP) is 4.84. The number of anilines is 1. The van der Waals surface area contributed by atoms with Gasteiger partial charge in [0.05, 0.1) is 17.4 Å². The fourth-order valence-electron chi connectivity index (χ4n) is 3.37. The number of carbonyl (C=O) groups is 1. The summed E-state index contributed by atoms with van der Waals surface area (Å²) in [5.74, 6) is 1.15. The zero-order valence-corrected chi connectivity index (χ0v) is 20.4. The molecule has 9 nitrogen and oxygen atoms in total. The number of hydrogen-bond donors (Lipinski definition) is 3. The molecule has 4 aromatic rings. The van der Waals surface area contributed by atoms with E-state index < -0.39 is 7.60 Å². The monoisotopic (exact) mass is 519 g/mol. The van der Waals surface area contributed by atoms with Gasteiger partial charge in [0, 0.05) is 10.9 Å². The first-order chi connectivity index (χ1) is 16.1. The normalized spacial score (nSPS) is 11.4. The molecule has 12 heteroatoms. The summed E-state index contributed by atoms with van der Waals surface area (Å²) in [6, 6.07) is 10.9. The van der Waals surface area contributed by atoms with E-state index in [2.05, 4.69) is 15.5 Å². The van der Waals surface area contributed by atoms with Crippen molar-refractivity contribution in [1.29, 1.82) is 0 Å². The van der Waals surface area contributed by atoms with Crippen LogP contribution in [0.5, 0.6) is 11.5 Å². The first-order valence-electron chi connectivity index (χ1n) is 9.90. The van der Waals surface area contributed by atoms with Crippen molar-refractivity contribution >= 4 is 46.9 Å². The molecule has 4 rings (SSSR count). The molecule has 3 N–H and O–H groups in total. The molecule has 0 aliphatic heterocycles.